The second-order valence-electron chi connectivity index (χ2n) is 13.2. The van der Waals surface area contributed by atoms with E-state index < -0.39 is 11.7 Å². The number of nitrogens with one attached hydrogen (secondary N) is 2. The molecular formula is C30H45F3N6O2. The van der Waals surface area contributed by atoms with E-state index in [0.29, 0.717) is 41.9 Å². The molecule has 2 N–H and O–H groups in total. The molecule has 4 fully saturated rings. The number of imidazole rings is 1. The van der Waals surface area contributed by atoms with Gasteiger partial charge in [-0.05, 0) is 93.8 Å². The van der Waals surface area contributed by atoms with Crippen LogP contribution in [0.3, 0.4) is 0 Å². The molecule has 5 atom stereocenters. The van der Waals surface area contributed by atoms with E-state index in [1.165, 1.54) is 16.7 Å². The van der Waals surface area contributed by atoms with E-state index in [4.69, 9.17) is 4.74 Å². The fourth-order valence-electron chi connectivity index (χ4n) is 8.22. The van der Waals surface area contributed by atoms with Gasteiger partial charge in [0.2, 0.25) is 0 Å². The maximum Gasteiger partial charge on any atom is 0.418 e. The Kier molecular flexibility index (Phi) is 8.28. The molecule has 11 heteroatoms. The van der Waals surface area contributed by atoms with Gasteiger partial charge in [-0.15, -0.1) is 0 Å². The molecule has 41 heavy (non-hydrogen) atoms. The minimum atomic E-state index is -4.54. The second-order valence-corrected chi connectivity index (χ2v) is 13.2. The average molecular weight is 579 g/mol. The van der Waals surface area contributed by atoms with E-state index in [9.17, 15) is 18.0 Å². The van der Waals surface area contributed by atoms with Crippen molar-refractivity contribution < 1.29 is 17.9 Å². The maximum absolute atomic E-state index is 14.3. The van der Waals surface area contributed by atoms with Crippen LogP contribution in [-0.2, 0) is 17.5 Å². The van der Waals surface area contributed by atoms with E-state index in [-0.39, 0.29) is 23.4 Å². The molecule has 0 bridgehead atoms. The molecule has 0 spiro atoms. The third-order valence-corrected chi connectivity index (χ3v) is 10.4. The summed E-state index contributed by atoms with van der Waals surface area (Å²) in [7, 11) is 3.88. The molecule has 2 aromatic heterocycles. The number of likely N-dealkylation sites (tertiary alicyclic amines) is 1. The molecule has 0 aromatic carbocycles. The topological polar surface area (TPSA) is 66.2 Å². The number of hydrogen-bond acceptors (Lipinski definition) is 6. The van der Waals surface area contributed by atoms with Crippen molar-refractivity contribution in [3.05, 3.63) is 40.1 Å². The number of aromatic nitrogens is 2. The molecule has 0 radical (unpaired) electrons. The van der Waals surface area contributed by atoms with E-state index in [1.807, 2.05) is 0 Å². The molecule has 6 rings (SSSR count). The Bertz CT molecular complexity index is 1270. The Morgan fingerprint density at radius 2 is 1.90 bits per heavy atom. The van der Waals surface area contributed by atoms with Crippen molar-refractivity contribution in [1.29, 1.82) is 0 Å². The minimum Gasteiger partial charge on any atom is -0.381 e. The van der Waals surface area contributed by atoms with E-state index >= 15 is 0 Å². The monoisotopic (exact) mass is 578 g/mol. The summed E-state index contributed by atoms with van der Waals surface area (Å²) in [5, 5.41) is 0. The van der Waals surface area contributed by atoms with Gasteiger partial charge in [-0.1, -0.05) is 13.3 Å². The first kappa shape index (κ1) is 29.2. The summed E-state index contributed by atoms with van der Waals surface area (Å²) in [4.78, 5) is 18.3. The summed E-state index contributed by atoms with van der Waals surface area (Å²) in [5.41, 5.74) is 6.17. The largest absolute Gasteiger partial charge is 0.418 e. The van der Waals surface area contributed by atoms with Crippen molar-refractivity contribution in [2.24, 2.45) is 23.7 Å². The van der Waals surface area contributed by atoms with Crippen LogP contribution in [0.15, 0.2) is 23.3 Å². The average Bonchev–Trinajstić information content (AvgIpc) is 3.47. The molecule has 8 nitrogen and oxygen atoms in total. The van der Waals surface area contributed by atoms with Crippen LogP contribution in [0.2, 0.25) is 0 Å². The highest BCUT2D eigenvalue weighted by Crippen LogP contribution is 2.47. The number of hydrogen-bond donors (Lipinski definition) is 2. The molecule has 2 aliphatic heterocycles. The van der Waals surface area contributed by atoms with Gasteiger partial charge in [0.25, 0.3) is 0 Å². The first-order chi connectivity index (χ1) is 19.6. The van der Waals surface area contributed by atoms with Crippen molar-refractivity contribution in [1.82, 2.24) is 29.6 Å². The van der Waals surface area contributed by atoms with Gasteiger partial charge in [0.05, 0.1) is 30.0 Å². The second kappa shape index (κ2) is 11.6. The van der Waals surface area contributed by atoms with Gasteiger partial charge in [-0.2, -0.15) is 13.2 Å². The predicted octanol–water partition coefficient (Wildman–Crippen LogP) is 4.45. The highest BCUT2D eigenvalue weighted by atomic mass is 19.4. The molecule has 2 aromatic rings. The number of alkyl halides is 3. The SMILES string of the molecule is COC1CC([C@H](C2CCCC(n3cc4c(C(F)(F)F)cc(CN5CCC[C@H](C)C5)cn4c3=O)C2)C2NNCN2C)C1. The van der Waals surface area contributed by atoms with Gasteiger partial charge in [-0.3, -0.25) is 18.8 Å². The molecule has 2 saturated carbocycles. The van der Waals surface area contributed by atoms with Crippen molar-refractivity contribution in [3.63, 3.8) is 0 Å². The molecular weight excluding hydrogens is 533 g/mol. The number of halogens is 3. The van der Waals surface area contributed by atoms with Gasteiger partial charge >= 0.3 is 11.9 Å². The zero-order chi connectivity index (χ0) is 28.9. The van der Waals surface area contributed by atoms with Crippen LogP contribution >= 0.6 is 0 Å². The fraction of sp³-hybridized carbons (Fsp3) is 0.767. The highest BCUT2D eigenvalue weighted by molar-refractivity contribution is 5.56. The summed E-state index contributed by atoms with van der Waals surface area (Å²) in [6.07, 6.45) is 6.93. The summed E-state index contributed by atoms with van der Waals surface area (Å²) >= 11 is 0. The first-order valence-electron chi connectivity index (χ1n) is 15.4. The van der Waals surface area contributed by atoms with Gasteiger partial charge in [-0.25, -0.2) is 15.6 Å². The normalized spacial score (nSPS) is 32.8. The standard InChI is InChI=1S/C30H45F3N6O2/c1-19-6-5-9-37(14-19)15-20-10-25(30(31,32)33)26-17-38(29(40)39(26)16-20)23-8-4-7-21(11-23)27(22-12-24(13-22)41-3)28-35-34-18-36(28)2/h10,16-17,19,21-24,27-28,34-35H,4-9,11-15,18H2,1-3H3/t19-,21?,22?,23?,24?,27-,28?/m0/s1. The number of methoxy groups -OCH3 is 1. The van der Waals surface area contributed by atoms with Crippen LogP contribution < -0.4 is 16.5 Å². The third-order valence-electron chi connectivity index (χ3n) is 10.4. The fourth-order valence-corrected chi connectivity index (χ4v) is 8.22. The molecule has 228 valence electrons. The molecule has 2 aliphatic carbocycles. The van der Waals surface area contributed by atoms with Crippen LogP contribution in [-0.4, -0.2) is 65.0 Å². The van der Waals surface area contributed by atoms with Crippen LogP contribution in [0.4, 0.5) is 13.2 Å². The van der Waals surface area contributed by atoms with Crippen LogP contribution in [0.5, 0.6) is 0 Å². The predicted molar refractivity (Wildman–Crippen MR) is 151 cm³/mol. The zero-order valence-corrected chi connectivity index (χ0v) is 24.5. The Balaban J connectivity index is 1.29. The van der Waals surface area contributed by atoms with Crippen LogP contribution in [0.25, 0.3) is 5.52 Å². The Morgan fingerprint density at radius 1 is 1.10 bits per heavy atom. The van der Waals surface area contributed by atoms with Crippen LogP contribution in [0.1, 0.15) is 75.5 Å². The quantitative estimate of drug-likeness (QED) is 0.507. The van der Waals surface area contributed by atoms with E-state index in [1.54, 1.807) is 17.9 Å². The maximum atomic E-state index is 14.3. The highest BCUT2D eigenvalue weighted by Gasteiger charge is 2.46. The number of pyridine rings is 1. The summed E-state index contributed by atoms with van der Waals surface area (Å²) in [6.45, 7) is 5.11. The number of ether oxygens (including phenoxy) is 1. The smallest absolute Gasteiger partial charge is 0.381 e. The summed E-state index contributed by atoms with van der Waals surface area (Å²) < 4.78 is 51.5. The molecule has 4 heterocycles. The van der Waals surface area contributed by atoms with Crippen molar-refractivity contribution in [2.45, 2.75) is 89.3 Å². The number of hydrazine groups is 1. The lowest BCUT2D eigenvalue weighted by molar-refractivity contribution is -0.136. The van der Waals surface area contributed by atoms with Gasteiger partial charge in [0, 0.05) is 38.6 Å². The lowest BCUT2D eigenvalue weighted by atomic mass is 9.64. The minimum absolute atomic E-state index is 0.0414. The number of rotatable bonds is 7. The molecule has 4 aliphatic rings. The van der Waals surface area contributed by atoms with Gasteiger partial charge in [0.15, 0.2) is 0 Å². The van der Waals surface area contributed by atoms with Gasteiger partial charge < -0.3 is 4.74 Å². The van der Waals surface area contributed by atoms with E-state index in [2.05, 4.69) is 34.6 Å². The van der Waals surface area contributed by atoms with Gasteiger partial charge in [0.1, 0.15) is 0 Å². The first-order valence-corrected chi connectivity index (χ1v) is 15.4. The Morgan fingerprint density at radius 3 is 2.59 bits per heavy atom. The van der Waals surface area contributed by atoms with Crippen molar-refractivity contribution in [3.8, 4) is 0 Å². The lowest BCUT2D eigenvalue weighted by Crippen LogP contribution is -2.52. The number of piperidine rings is 1. The van der Waals surface area contributed by atoms with Crippen LogP contribution in [0, 0.1) is 23.7 Å². The van der Waals surface area contributed by atoms with Crippen molar-refractivity contribution in [2.75, 3.05) is 33.9 Å². The molecule has 0 amide bonds. The van der Waals surface area contributed by atoms with Crippen molar-refractivity contribution >= 4 is 5.52 Å². The summed E-state index contributed by atoms with van der Waals surface area (Å²) in [5.74, 6) is 1.79. The van der Waals surface area contributed by atoms with E-state index in [0.717, 1.165) is 71.1 Å². The Labute approximate surface area is 240 Å². The molecule has 3 unspecified atom stereocenters. The Hall–Kier alpha value is -1.92. The lowest BCUT2D eigenvalue weighted by Gasteiger charge is -2.48. The third kappa shape index (κ3) is 5.85. The number of nitrogens with zero attached hydrogens (tertiary/aromatic N) is 4. The zero-order valence-electron chi connectivity index (χ0n) is 24.5. The summed E-state index contributed by atoms with van der Waals surface area (Å²) in [6, 6.07) is 1.14. The molecule has 2 saturated heterocycles. The number of fused-ring (bicyclic) bond motifs is 1.